The first-order valence-electron chi connectivity index (χ1n) is 13.0. The zero-order chi connectivity index (χ0) is 27.6. The van der Waals surface area contributed by atoms with Gasteiger partial charge in [-0.2, -0.15) is 0 Å². The number of carbonyl (C=O) groups excluding carboxylic acids is 3. The molecule has 1 aromatic carbocycles. The first-order chi connectivity index (χ1) is 17.8. The Kier molecular flexibility index (Phi) is 6.36. The first-order valence-corrected chi connectivity index (χ1v) is 13.0. The molecule has 1 saturated heterocycles. The van der Waals surface area contributed by atoms with Crippen LogP contribution < -0.4 is 4.74 Å². The van der Waals surface area contributed by atoms with Gasteiger partial charge in [-0.05, 0) is 58.8 Å². The summed E-state index contributed by atoms with van der Waals surface area (Å²) in [4.78, 5) is 39.5. The molecule has 1 aromatic rings. The van der Waals surface area contributed by atoms with Crippen molar-refractivity contribution in [1.82, 2.24) is 4.90 Å². The number of benzene rings is 1. The lowest BCUT2D eigenvalue weighted by Gasteiger charge is -2.61. The predicted octanol–water partition coefficient (Wildman–Crippen LogP) is 1.66. The second-order valence-corrected chi connectivity index (χ2v) is 11.7. The second kappa shape index (κ2) is 9.07. The molecule has 0 saturated carbocycles. The molecule has 1 fully saturated rings. The summed E-state index contributed by atoms with van der Waals surface area (Å²) in [5, 5.41) is 22.3. The van der Waals surface area contributed by atoms with Gasteiger partial charge in [-0.25, -0.2) is 4.79 Å². The SMILES string of the molecule is CC(=O)O[C@@H](CC(=O)OC1=CC[C@@]2(O)[C@H]3Cc4ccc(CO)c5c4[C@@]2(CCN3C)[C@H]1O5)C(=O)OC(C)(C)C. The van der Waals surface area contributed by atoms with Gasteiger partial charge in [0.2, 0.25) is 6.10 Å². The Morgan fingerprint density at radius 1 is 1.26 bits per heavy atom. The third-order valence-electron chi connectivity index (χ3n) is 8.19. The molecule has 5 rings (SSSR count). The lowest BCUT2D eigenvalue weighted by atomic mass is 9.50. The summed E-state index contributed by atoms with van der Waals surface area (Å²) in [6.45, 7) is 6.64. The van der Waals surface area contributed by atoms with Crippen LogP contribution in [0, 0.1) is 0 Å². The number of likely N-dealkylation sites (N-methyl/N-ethyl adjacent to an activating group) is 1. The number of carbonyl (C=O) groups is 3. The summed E-state index contributed by atoms with van der Waals surface area (Å²) < 4.78 is 22.6. The number of nitrogens with zero attached hydrogens (tertiary/aromatic N) is 1. The standard InChI is InChI=1S/C28H35NO9/c1-15(31)35-19(25(33)38-26(2,3)4)13-21(32)36-18-8-9-28(34)20-12-16-6-7-17(14-30)23-22(16)27(28,24(18)37-23)10-11-29(20)5/h6-8,19-20,24,30,34H,9-14H2,1-5H3/t19-,20+,24-,27-,28+/m0/s1. The van der Waals surface area contributed by atoms with Crippen molar-refractivity contribution in [3.05, 3.63) is 40.7 Å². The summed E-state index contributed by atoms with van der Waals surface area (Å²) in [6.07, 6.45) is 0.331. The molecule has 2 bridgehead atoms. The lowest BCUT2D eigenvalue weighted by Crippen LogP contribution is -2.74. The van der Waals surface area contributed by atoms with Crippen LogP contribution in [0.1, 0.15) is 63.6 Å². The predicted molar refractivity (Wildman–Crippen MR) is 133 cm³/mol. The van der Waals surface area contributed by atoms with E-state index in [9.17, 15) is 24.6 Å². The molecule has 1 spiro atoms. The van der Waals surface area contributed by atoms with Gasteiger partial charge in [0, 0.05) is 30.5 Å². The van der Waals surface area contributed by atoms with Gasteiger partial charge >= 0.3 is 17.9 Å². The Morgan fingerprint density at radius 3 is 2.66 bits per heavy atom. The quantitative estimate of drug-likeness (QED) is 0.414. The van der Waals surface area contributed by atoms with E-state index in [4.69, 9.17) is 18.9 Å². The molecule has 0 unspecified atom stereocenters. The largest absolute Gasteiger partial charge is 0.481 e. The molecular weight excluding hydrogens is 494 g/mol. The molecule has 2 aliphatic carbocycles. The van der Waals surface area contributed by atoms with Gasteiger partial charge in [-0.15, -0.1) is 0 Å². The van der Waals surface area contributed by atoms with Crippen molar-refractivity contribution >= 4 is 17.9 Å². The summed E-state index contributed by atoms with van der Waals surface area (Å²) in [7, 11) is 2.00. The van der Waals surface area contributed by atoms with Crippen LogP contribution in [-0.4, -0.2) is 76.1 Å². The van der Waals surface area contributed by atoms with E-state index >= 15 is 0 Å². The number of aliphatic hydroxyl groups excluding tert-OH is 1. The Labute approximate surface area is 221 Å². The minimum absolute atomic E-state index is 0.158. The maximum Gasteiger partial charge on any atom is 0.348 e. The van der Waals surface area contributed by atoms with Crippen molar-refractivity contribution in [2.24, 2.45) is 0 Å². The highest BCUT2D eigenvalue weighted by molar-refractivity contribution is 5.84. The monoisotopic (exact) mass is 529 g/mol. The van der Waals surface area contributed by atoms with E-state index in [1.165, 1.54) is 0 Å². The third kappa shape index (κ3) is 4.01. The molecule has 38 heavy (non-hydrogen) atoms. The van der Waals surface area contributed by atoms with E-state index in [2.05, 4.69) is 4.90 Å². The Morgan fingerprint density at radius 2 is 2.00 bits per heavy atom. The number of esters is 3. The zero-order valence-corrected chi connectivity index (χ0v) is 22.4. The van der Waals surface area contributed by atoms with Gasteiger partial charge in [0.05, 0.1) is 24.0 Å². The van der Waals surface area contributed by atoms with Crippen molar-refractivity contribution in [2.45, 2.75) is 94.9 Å². The molecule has 206 valence electrons. The van der Waals surface area contributed by atoms with Gasteiger partial charge in [-0.1, -0.05) is 12.1 Å². The fourth-order valence-corrected chi connectivity index (χ4v) is 6.70. The van der Waals surface area contributed by atoms with E-state index < -0.39 is 53.2 Å². The highest BCUT2D eigenvalue weighted by Crippen LogP contribution is 2.64. The smallest absolute Gasteiger partial charge is 0.348 e. The number of rotatable bonds is 6. The number of ether oxygens (including phenoxy) is 4. The van der Waals surface area contributed by atoms with Gasteiger partial charge < -0.3 is 34.1 Å². The first kappa shape index (κ1) is 26.6. The van der Waals surface area contributed by atoms with Crippen LogP contribution in [0.5, 0.6) is 5.75 Å². The van der Waals surface area contributed by atoms with E-state index in [0.717, 1.165) is 18.1 Å². The Bertz CT molecular complexity index is 1220. The number of hydrogen-bond donors (Lipinski definition) is 2. The maximum atomic E-state index is 13.1. The molecule has 5 atom stereocenters. The van der Waals surface area contributed by atoms with Crippen LogP contribution in [0.2, 0.25) is 0 Å². The molecule has 2 heterocycles. The van der Waals surface area contributed by atoms with Gasteiger partial charge in [-0.3, -0.25) is 9.59 Å². The lowest BCUT2D eigenvalue weighted by molar-refractivity contribution is -0.179. The third-order valence-corrected chi connectivity index (χ3v) is 8.19. The average Bonchev–Trinajstić information content (AvgIpc) is 3.17. The summed E-state index contributed by atoms with van der Waals surface area (Å²) in [6, 6.07) is 3.66. The Balaban J connectivity index is 1.46. The molecule has 2 N–H and O–H groups in total. The van der Waals surface area contributed by atoms with Crippen LogP contribution >= 0.6 is 0 Å². The molecule has 0 aromatic heterocycles. The number of hydrogen-bond acceptors (Lipinski definition) is 10. The molecule has 10 nitrogen and oxygen atoms in total. The van der Waals surface area contributed by atoms with Crippen LogP contribution in [-0.2, 0) is 47.0 Å². The van der Waals surface area contributed by atoms with Crippen LogP contribution in [0.25, 0.3) is 0 Å². The molecule has 10 heteroatoms. The Hall–Kier alpha value is -2.95. The van der Waals surface area contributed by atoms with Crippen molar-refractivity contribution < 1.29 is 43.5 Å². The molecule has 0 amide bonds. The van der Waals surface area contributed by atoms with Crippen LogP contribution in [0.15, 0.2) is 24.0 Å². The van der Waals surface area contributed by atoms with Crippen LogP contribution in [0.3, 0.4) is 0 Å². The van der Waals surface area contributed by atoms with E-state index in [1.807, 2.05) is 19.2 Å². The topological polar surface area (TPSA) is 132 Å². The molecular formula is C28H35NO9. The highest BCUT2D eigenvalue weighted by atomic mass is 16.6. The fraction of sp³-hybridized carbons (Fsp3) is 0.607. The summed E-state index contributed by atoms with van der Waals surface area (Å²) in [5.74, 6) is -1.60. The average molecular weight is 530 g/mol. The zero-order valence-electron chi connectivity index (χ0n) is 22.4. The number of piperidine rings is 1. The van der Waals surface area contributed by atoms with E-state index in [0.29, 0.717) is 30.7 Å². The van der Waals surface area contributed by atoms with Gasteiger partial charge in [0.15, 0.2) is 6.10 Å². The second-order valence-electron chi connectivity index (χ2n) is 11.7. The number of aliphatic hydroxyl groups is 2. The maximum absolute atomic E-state index is 13.1. The van der Waals surface area contributed by atoms with Crippen molar-refractivity contribution in [3.63, 3.8) is 0 Å². The summed E-state index contributed by atoms with van der Waals surface area (Å²) in [5.41, 5.74) is -0.320. The highest BCUT2D eigenvalue weighted by Gasteiger charge is 2.71. The molecule has 0 radical (unpaired) electrons. The van der Waals surface area contributed by atoms with Crippen molar-refractivity contribution in [3.8, 4) is 5.75 Å². The molecule has 4 aliphatic rings. The van der Waals surface area contributed by atoms with E-state index in [-0.39, 0.29) is 24.8 Å². The fourth-order valence-electron chi connectivity index (χ4n) is 6.70. The van der Waals surface area contributed by atoms with Gasteiger partial charge in [0.1, 0.15) is 17.1 Å². The van der Waals surface area contributed by atoms with E-state index in [1.54, 1.807) is 26.8 Å². The molecule has 2 aliphatic heterocycles. The number of likely N-dealkylation sites (tertiary alicyclic amines) is 1. The van der Waals surface area contributed by atoms with Crippen molar-refractivity contribution in [2.75, 3.05) is 13.6 Å². The normalized spacial score (nSPS) is 29.9. The summed E-state index contributed by atoms with van der Waals surface area (Å²) >= 11 is 0. The van der Waals surface area contributed by atoms with Gasteiger partial charge in [0.25, 0.3) is 0 Å². The minimum atomic E-state index is -1.46. The van der Waals surface area contributed by atoms with Crippen molar-refractivity contribution in [1.29, 1.82) is 0 Å². The van der Waals surface area contributed by atoms with Crippen LogP contribution in [0.4, 0.5) is 0 Å². The minimum Gasteiger partial charge on any atom is -0.481 e.